The first kappa shape index (κ1) is 15.1. The molecular formula is C14H18F3NO2. The largest absolute Gasteiger partial charge is 0.411 e. The second kappa shape index (κ2) is 6.45. The first-order valence-corrected chi connectivity index (χ1v) is 6.65. The van der Waals surface area contributed by atoms with Crippen LogP contribution < -0.4 is 4.90 Å². The van der Waals surface area contributed by atoms with E-state index in [0.29, 0.717) is 25.1 Å². The molecule has 112 valence electrons. The molecule has 0 saturated carbocycles. The number of alkyl halides is 3. The highest BCUT2D eigenvalue weighted by atomic mass is 19.4. The maximum atomic E-state index is 13.4. The minimum atomic E-state index is -4.40. The molecule has 0 aromatic heterocycles. The van der Waals surface area contributed by atoms with Gasteiger partial charge in [0, 0.05) is 18.8 Å². The number of aliphatic hydroxyl groups excluding tert-OH is 1. The number of hydrogen-bond acceptors (Lipinski definition) is 3. The monoisotopic (exact) mass is 289 g/mol. The lowest BCUT2D eigenvalue weighted by molar-refractivity contribution is -0.171. The molecule has 0 radical (unpaired) electrons. The van der Waals surface area contributed by atoms with Gasteiger partial charge in [-0.2, -0.15) is 13.2 Å². The summed E-state index contributed by atoms with van der Waals surface area (Å²) >= 11 is 0. The smallest absolute Gasteiger partial charge is 0.395 e. The van der Waals surface area contributed by atoms with Crippen LogP contribution in [-0.2, 0) is 4.74 Å². The standard InChI is InChI=1S/C14H18F3NO2/c15-14(16,17)13(12-7-4-10-20-12)18(8-9-19)11-5-2-1-3-6-11/h1-3,5-6,12-13,19H,4,7-10H2. The molecule has 1 N–H and O–H groups in total. The Morgan fingerprint density at radius 3 is 2.50 bits per heavy atom. The van der Waals surface area contributed by atoms with Crippen LogP contribution in [0.15, 0.2) is 30.3 Å². The van der Waals surface area contributed by atoms with Crippen LogP contribution in [0.25, 0.3) is 0 Å². The summed E-state index contributed by atoms with van der Waals surface area (Å²) in [6.45, 7) is -0.0543. The number of rotatable bonds is 5. The molecule has 0 amide bonds. The van der Waals surface area contributed by atoms with Crippen LogP contribution >= 0.6 is 0 Å². The second-order valence-corrected chi connectivity index (χ2v) is 4.79. The van der Waals surface area contributed by atoms with Crippen molar-refractivity contribution in [3.8, 4) is 0 Å². The van der Waals surface area contributed by atoms with Gasteiger partial charge in [-0.3, -0.25) is 0 Å². The number of ether oxygens (including phenoxy) is 1. The molecule has 1 aliphatic heterocycles. The van der Waals surface area contributed by atoms with Crippen molar-refractivity contribution in [2.45, 2.75) is 31.2 Å². The first-order chi connectivity index (χ1) is 9.54. The van der Waals surface area contributed by atoms with Gasteiger partial charge in [0.25, 0.3) is 0 Å². The van der Waals surface area contributed by atoms with E-state index in [4.69, 9.17) is 9.84 Å². The number of nitrogens with zero attached hydrogens (tertiary/aromatic N) is 1. The normalized spacial score (nSPS) is 20.9. The van der Waals surface area contributed by atoms with E-state index in [1.807, 2.05) is 0 Å². The number of para-hydroxylation sites is 1. The molecule has 1 heterocycles. The van der Waals surface area contributed by atoms with E-state index in [0.717, 1.165) is 0 Å². The van der Waals surface area contributed by atoms with Gasteiger partial charge in [0.05, 0.1) is 12.7 Å². The molecular weight excluding hydrogens is 271 g/mol. The summed E-state index contributed by atoms with van der Waals surface area (Å²) in [6.07, 6.45) is -4.25. The average molecular weight is 289 g/mol. The van der Waals surface area contributed by atoms with Crippen LogP contribution in [0, 0.1) is 0 Å². The van der Waals surface area contributed by atoms with E-state index < -0.39 is 18.3 Å². The van der Waals surface area contributed by atoms with Crippen LogP contribution in [0.3, 0.4) is 0 Å². The number of halogens is 3. The fraction of sp³-hybridized carbons (Fsp3) is 0.571. The zero-order chi connectivity index (χ0) is 14.6. The Bertz CT molecular complexity index is 405. The van der Waals surface area contributed by atoms with Crippen LogP contribution in [0.5, 0.6) is 0 Å². The maximum Gasteiger partial charge on any atom is 0.411 e. The fourth-order valence-electron chi connectivity index (χ4n) is 2.60. The van der Waals surface area contributed by atoms with E-state index >= 15 is 0 Å². The van der Waals surface area contributed by atoms with E-state index in [1.54, 1.807) is 30.3 Å². The number of benzene rings is 1. The van der Waals surface area contributed by atoms with Crippen molar-refractivity contribution >= 4 is 5.69 Å². The predicted molar refractivity (Wildman–Crippen MR) is 69.7 cm³/mol. The van der Waals surface area contributed by atoms with Crippen LogP contribution in [0.2, 0.25) is 0 Å². The molecule has 2 unspecified atom stereocenters. The summed E-state index contributed by atoms with van der Waals surface area (Å²) in [5.41, 5.74) is 0.444. The van der Waals surface area contributed by atoms with Crippen molar-refractivity contribution in [2.24, 2.45) is 0 Å². The molecule has 1 aliphatic rings. The average Bonchev–Trinajstić information content (AvgIpc) is 2.91. The Balaban J connectivity index is 2.31. The zero-order valence-electron chi connectivity index (χ0n) is 11.0. The summed E-state index contributed by atoms with van der Waals surface area (Å²) in [5.74, 6) is 0. The third kappa shape index (κ3) is 3.43. The molecule has 1 fully saturated rings. The molecule has 0 aliphatic carbocycles. The minimum Gasteiger partial charge on any atom is -0.395 e. The summed E-state index contributed by atoms with van der Waals surface area (Å²) in [7, 11) is 0. The topological polar surface area (TPSA) is 32.7 Å². The van der Waals surface area contributed by atoms with Crippen molar-refractivity contribution in [3.05, 3.63) is 30.3 Å². The fourth-order valence-corrected chi connectivity index (χ4v) is 2.60. The lowest BCUT2D eigenvalue weighted by Gasteiger charge is -2.37. The van der Waals surface area contributed by atoms with Gasteiger partial charge in [-0.05, 0) is 25.0 Å². The lowest BCUT2D eigenvalue weighted by Crippen LogP contribution is -2.54. The molecule has 3 nitrogen and oxygen atoms in total. The van der Waals surface area contributed by atoms with E-state index in [2.05, 4.69) is 0 Å². The van der Waals surface area contributed by atoms with E-state index in [1.165, 1.54) is 4.90 Å². The minimum absolute atomic E-state index is 0.0753. The summed E-state index contributed by atoms with van der Waals surface area (Å²) in [6, 6.07) is 6.62. The Kier molecular flexibility index (Phi) is 4.88. The maximum absolute atomic E-state index is 13.4. The second-order valence-electron chi connectivity index (χ2n) is 4.79. The van der Waals surface area contributed by atoms with Crippen LogP contribution in [0.1, 0.15) is 12.8 Å². The third-order valence-corrected chi connectivity index (χ3v) is 3.42. The van der Waals surface area contributed by atoms with Gasteiger partial charge in [0.2, 0.25) is 0 Å². The van der Waals surface area contributed by atoms with Gasteiger partial charge in [-0.15, -0.1) is 0 Å². The van der Waals surface area contributed by atoms with Crippen molar-refractivity contribution in [1.82, 2.24) is 0 Å². The van der Waals surface area contributed by atoms with Gasteiger partial charge in [-0.1, -0.05) is 18.2 Å². The summed E-state index contributed by atoms with van der Waals surface area (Å²) in [5, 5.41) is 9.11. The summed E-state index contributed by atoms with van der Waals surface area (Å²) < 4.78 is 45.5. The Hall–Kier alpha value is -1.27. The van der Waals surface area contributed by atoms with Gasteiger partial charge in [0.15, 0.2) is 6.04 Å². The number of aliphatic hydroxyl groups is 1. The molecule has 1 saturated heterocycles. The number of hydrogen-bond donors (Lipinski definition) is 1. The molecule has 1 aromatic carbocycles. The molecule has 1 aromatic rings. The van der Waals surface area contributed by atoms with Crippen molar-refractivity contribution < 1.29 is 23.0 Å². The molecule has 20 heavy (non-hydrogen) atoms. The van der Waals surface area contributed by atoms with Crippen molar-refractivity contribution in [3.63, 3.8) is 0 Å². The quantitative estimate of drug-likeness (QED) is 0.904. The predicted octanol–water partition coefficient (Wildman–Crippen LogP) is 2.60. The lowest BCUT2D eigenvalue weighted by atomic mass is 10.0. The van der Waals surface area contributed by atoms with Gasteiger partial charge < -0.3 is 14.7 Å². The van der Waals surface area contributed by atoms with Gasteiger partial charge >= 0.3 is 6.18 Å². The van der Waals surface area contributed by atoms with Crippen LogP contribution in [0.4, 0.5) is 18.9 Å². The van der Waals surface area contributed by atoms with Gasteiger partial charge in [-0.25, -0.2) is 0 Å². The van der Waals surface area contributed by atoms with Crippen molar-refractivity contribution in [2.75, 3.05) is 24.7 Å². The molecule has 2 rings (SSSR count). The number of anilines is 1. The first-order valence-electron chi connectivity index (χ1n) is 6.65. The molecule has 0 bridgehead atoms. The highest BCUT2D eigenvalue weighted by Gasteiger charge is 2.49. The SMILES string of the molecule is OCCN(c1ccccc1)C(C1CCCO1)C(F)(F)F. The highest BCUT2D eigenvalue weighted by Crippen LogP contribution is 2.35. The molecule has 0 spiro atoms. The zero-order valence-corrected chi connectivity index (χ0v) is 11.0. The molecule has 6 heteroatoms. The van der Waals surface area contributed by atoms with Crippen LogP contribution in [-0.4, -0.2) is 43.2 Å². The van der Waals surface area contributed by atoms with Gasteiger partial charge in [0.1, 0.15) is 0 Å². The van der Waals surface area contributed by atoms with E-state index in [-0.39, 0.29) is 13.2 Å². The highest BCUT2D eigenvalue weighted by molar-refractivity contribution is 5.48. The van der Waals surface area contributed by atoms with E-state index in [9.17, 15) is 13.2 Å². The third-order valence-electron chi connectivity index (χ3n) is 3.42. The Labute approximate surface area is 116 Å². The Morgan fingerprint density at radius 1 is 1.30 bits per heavy atom. The Morgan fingerprint density at radius 2 is 2.00 bits per heavy atom. The summed E-state index contributed by atoms with van der Waals surface area (Å²) in [4.78, 5) is 1.19. The van der Waals surface area contributed by atoms with Crippen molar-refractivity contribution in [1.29, 1.82) is 0 Å². The molecule has 2 atom stereocenters.